The molecule has 1 heterocycles. The van der Waals surface area contributed by atoms with E-state index in [1.165, 1.54) is 0 Å². The summed E-state index contributed by atoms with van der Waals surface area (Å²) in [5.74, 6) is 0.182. The maximum atomic E-state index is 12.6. The lowest BCUT2D eigenvalue weighted by molar-refractivity contribution is -0.117. The number of carbonyl (C=O) groups excluding carboxylic acids is 2. The molecule has 4 nitrogen and oxygen atoms in total. The number of likely N-dealkylation sites (tertiary alicyclic amines) is 1. The zero-order valence-corrected chi connectivity index (χ0v) is 16.6. The molecule has 1 aliphatic rings. The van der Waals surface area contributed by atoms with E-state index in [0.29, 0.717) is 17.1 Å². The summed E-state index contributed by atoms with van der Waals surface area (Å²) in [6.07, 6.45) is 1.55. The van der Waals surface area contributed by atoms with Crippen molar-refractivity contribution in [3.05, 3.63) is 64.2 Å². The molecule has 0 radical (unpaired) electrons. The maximum absolute atomic E-state index is 12.6. The van der Waals surface area contributed by atoms with Crippen LogP contribution in [0, 0.1) is 19.8 Å². The Morgan fingerprint density at radius 2 is 1.74 bits per heavy atom. The van der Waals surface area contributed by atoms with E-state index in [2.05, 4.69) is 10.2 Å². The monoisotopic (exact) mass is 384 g/mol. The van der Waals surface area contributed by atoms with Crippen molar-refractivity contribution in [1.82, 2.24) is 4.90 Å². The molecule has 0 atom stereocenters. The van der Waals surface area contributed by atoms with Gasteiger partial charge in [0.2, 0.25) is 5.91 Å². The summed E-state index contributed by atoms with van der Waals surface area (Å²) in [6, 6.07) is 13.1. The summed E-state index contributed by atoms with van der Waals surface area (Å²) >= 11 is 5.89. The molecule has 1 saturated heterocycles. The molecule has 5 heteroatoms. The lowest BCUT2D eigenvalue weighted by Crippen LogP contribution is -2.40. The van der Waals surface area contributed by atoms with Crippen molar-refractivity contribution in [2.24, 2.45) is 5.92 Å². The van der Waals surface area contributed by atoms with Crippen LogP contribution in [-0.2, 0) is 4.79 Å². The molecule has 1 N–H and O–H groups in total. The van der Waals surface area contributed by atoms with Gasteiger partial charge in [0.25, 0.3) is 0 Å². The van der Waals surface area contributed by atoms with Gasteiger partial charge in [-0.05, 0) is 81.2 Å². The summed E-state index contributed by atoms with van der Waals surface area (Å²) in [6.45, 7) is 5.87. The number of halogens is 1. The number of nitrogens with one attached hydrogen (secondary N) is 1. The number of aryl methyl sites for hydroxylation is 2. The zero-order chi connectivity index (χ0) is 19.4. The highest BCUT2D eigenvalue weighted by Crippen LogP contribution is 2.23. The molecular formula is C22H25ClN2O2. The average Bonchev–Trinajstić information content (AvgIpc) is 2.65. The third kappa shape index (κ3) is 5.18. The number of anilines is 1. The molecule has 1 aliphatic heterocycles. The summed E-state index contributed by atoms with van der Waals surface area (Å²) < 4.78 is 0. The minimum atomic E-state index is -0.00817. The van der Waals surface area contributed by atoms with Gasteiger partial charge >= 0.3 is 0 Å². The number of benzene rings is 2. The Kier molecular flexibility index (Phi) is 6.30. The minimum absolute atomic E-state index is 0.00817. The number of hydrogen-bond acceptors (Lipinski definition) is 3. The first-order valence-corrected chi connectivity index (χ1v) is 9.69. The number of rotatable bonds is 5. The second-order valence-corrected chi connectivity index (χ2v) is 7.72. The molecule has 0 aromatic heterocycles. The van der Waals surface area contributed by atoms with Gasteiger partial charge in [0.1, 0.15) is 0 Å². The van der Waals surface area contributed by atoms with Crippen LogP contribution in [-0.4, -0.2) is 36.2 Å². The van der Waals surface area contributed by atoms with E-state index in [0.717, 1.165) is 42.7 Å². The van der Waals surface area contributed by atoms with Gasteiger partial charge in [0.15, 0.2) is 5.78 Å². The average molecular weight is 385 g/mol. The number of nitrogens with zero attached hydrogens (tertiary/aromatic N) is 1. The van der Waals surface area contributed by atoms with E-state index >= 15 is 0 Å². The van der Waals surface area contributed by atoms with E-state index in [1.807, 2.05) is 32.0 Å². The normalized spacial score (nSPS) is 15.5. The first-order valence-electron chi connectivity index (χ1n) is 9.31. The predicted octanol–water partition coefficient (Wildman–Crippen LogP) is 4.49. The highest BCUT2D eigenvalue weighted by atomic mass is 35.5. The summed E-state index contributed by atoms with van der Waals surface area (Å²) in [5, 5.41) is 3.64. The predicted molar refractivity (Wildman–Crippen MR) is 109 cm³/mol. The fourth-order valence-electron chi connectivity index (χ4n) is 3.47. The maximum Gasteiger partial charge on any atom is 0.238 e. The SMILES string of the molecule is Cc1ccc(C)c(NC(=O)CN2CCC(C(=O)c3ccc(Cl)cc3)CC2)c1. The molecular weight excluding hydrogens is 360 g/mol. The van der Waals surface area contributed by atoms with Crippen LogP contribution in [0.25, 0.3) is 0 Å². The van der Waals surface area contributed by atoms with E-state index < -0.39 is 0 Å². The molecule has 1 fully saturated rings. The summed E-state index contributed by atoms with van der Waals surface area (Å²) in [7, 11) is 0. The lowest BCUT2D eigenvalue weighted by atomic mass is 9.89. The summed E-state index contributed by atoms with van der Waals surface area (Å²) in [5.41, 5.74) is 3.76. The molecule has 0 spiro atoms. The fraction of sp³-hybridized carbons (Fsp3) is 0.364. The van der Waals surface area contributed by atoms with Crippen molar-refractivity contribution >= 4 is 29.0 Å². The Hall–Kier alpha value is -2.17. The van der Waals surface area contributed by atoms with Gasteiger partial charge in [0.05, 0.1) is 6.54 Å². The Bertz CT molecular complexity index is 825. The van der Waals surface area contributed by atoms with Crippen molar-refractivity contribution in [3.8, 4) is 0 Å². The summed E-state index contributed by atoms with van der Waals surface area (Å²) in [4.78, 5) is 27.1. The van der Waals surface area contributed by atoms with Gasteiger partial charge in [-0.3, -0.25) is 14.5 Å². The van der Waals surface area contributed by atoms with Crippen molar-refractivity contribution in [3.63, 3.8) is 0 Å². The molecule has 1 amide bonds. The van der Waals surface area contributed by atoms with Crippen LogP contribution in [0.15, 0.2) is 42.5 Å². The second kappa shape index (κ2) is 8.68. The fourth-order valence-corrected chi connectivity index (χ4v) is 3.59. The van der Waals surface area contributed by atoms with Crippen LogP contribution in [0.5, 0.6) is 0 Å². The van der Waals surface area contributed by atoms with E-state index in [4.69, 9.17) is 11.6 Å². The molecule has 2 aromatic carbocycles. The van der Waals surface area contributed by atoms with Crippen LogP contribution in [0.4, 0.5) is 5.69 Å². The molecule has 0 bridgehead atoms. The van der Waals surface area contributed by atoms with Gasteiger partial charge in [-0.2, -0.15) is 0 Å². The topological polar surface area (TPSA) is 49.4 Å². The molecule has 0 aliphatic carbocycles. The van der Waals surface area contributed by atoms with Gasteiger partial charge < -0.3 is 5.32 Å². The van der Waals surface area contributed by atoms with E-state index in [1.54, 1.807) is 24.3 Å². The number of ketones is 1. The first-order chi connectivity index (χ1) is 12.9. The second-order valence-electron chi connectivity index (χ2n) is 7.29. The third-order valence-electron chi connectivity index (χ3n) is 5.12. The Morgan fingerprint density at radius 3 is 2.41 bits per heavy atom. The number of carbonyl (C=O) groups is 2. The number of amides is 1. The van der Waals surface area contributed by atoms with Crippen molar-refractivity contribution < 1.29 is 9.59 Å². The van der Waals surface area contributed by atoms with Crippen LogP contribution < -0.4 is 5.32 Å². The number of hydrogen-bond donors (Lipinski definition) is 1. The van der Waals surface area contributed by atoms with Crippen molar-refractivity contribution in [2.45, 2.75) is 26.7 Å². The van der Waals surface area contributed by atoms with Crippen molar-refractivity contribution in [1.29, 1.82) is 0 Å². The molecule has 27 heavy (non-hydrogen) atoms. The zero-order valence-electron chi connectivity index (χ0n) is 15.8. The third-order valence-corrected chi connectivity index (χ3v) is 5.37. The van der Waals surface area contributed by atoms with Crippen LogP contribution in [0.2, 0.25) is 5.02 Å². The number of Topliss-reactive ketones (excluding diaryl/α,β-unsaturated/α-hetero) is 1. The Labute approximate surface area is 165 Å². The van der Waals surface area contributed by atoms with Crippen LogP contribution >= 0.6 is 11.6 Å². The Morgan fingerprint density at radius 1 is 1.07 bits per heavy atom. The van der Waals surface area contributed by atoms with E-state index in [-0.39, 0.29) is 17.6 Å². The largest absolute Gasteiger partial charge is 0.325 e. The van der Waals surface area contributed by atoms with Gasteiger partial charge in [0, 0.05) is 22.2 Å². The van der Waals surface area contributed by atoms with Gasteiger partial charge in [-0.25, -0.2) is 0 Å². The van der Waals surface area contributed by atoms with Crippen LogP contribution in [0.1, 0.15) is 34.3 Å². The standard InChI is InChI=1S/C22H25ClN2O2/c1-15-3-4-16(2)20(13-15)24-21(26)14-25-11-9-18(10-12-25)22(27)17-5-7-19(23)8-6-17/h3-8,13,18H,9-12,14H2,1-2H3,(H,24,26). The molecule has 3 rings (SSSR count). The van der Waals surface area contributed by atoms with Crippen molar-refractivity contribution in [2.75, 3.05) is 25.0 Å². The first kappa shape index (κ1) is 19.6. The minimum Gasteiger partial charge on any atom is -0.325 e. The smallest absolute Gasteiger partial charge is 0.238 e. The molecule has 2 aromatic rings. The highest BCUT2D eigenvalue weighted by molar-refractivity contribution is 6.30. The molecule has 0 saturated carbocycles. The Balaban J connectivity index is 1.50. The van der Waals surface area contributed by atoms with Gasteiger partial charge in [-0.1, -0.05) is 23.7 Å². The molecule has 0 unspecified atom stereocenters. The highest BCUT2D eigenvalue weighted by Gasteiger charge is 2.26. The quantitative estimate of drug-likeness (QED) is 0.772. The van der Waals surface area contributed by atoms with E-state index in [9.17, 15) is 9.59 Å². The lowest BCUT2D eigenvalue weighted by Gasteiger charge is -2.30. The number of piperidine rings is 1. The molecule has 142 valence electrons. The van der Waals surface area contributed by atoms with Gasteiger partial charge in [-0.15, -0.1) is 0 Å². The van der Waals surface area contributed by atoms with Crippen LogP contribution in [0.3, 0.4) is 0 Å².